The lowest BCUT2D eigenvalue weighted by molar-refractivity contribution is -0.120. The summed E-state index contributed by atoms with van der Waals surface area (Å²) in [5.74, 6) is 0.452. The van der Waals surface area contributed by atoms with Crippen molar-refractivity contribution in [2.75, 3.05) is 7.11 Å². The van der Waals surface area contributed by atoms with E-state index in [1.54, 1.807) is 36.4 Å². The molecule has 1 amide bonds. The van der Waals surface area contributed by atoms with Gasteiger partial charge in [0.1, 0.15) is 12.4 Å². The number of hydrazone groups is 1. The summed E-state index contributed by atoms with van der Waals surface area (Å²) in [6.07, 6.45) is 1.77. The zero-order valence-corrected chi connectivity index (χ0v) is 16.0. The minimum atomic E-state index is -0.318. The van der Waals surface area contributed by atoms with Gasteiger partial charge in [-0.15, -0.1) is 0 Å². The van der Waals surface area contributed by atoms with Crippen LogP contribution in [0.5, 0.6) is 11.5 Å². The lowest BCUT2D eigenvalue weighted by atomic mass is 10.1. The molecule has 29 heavy (non-hydrogen) atoms. The Hall–Kier alpha value is -3.67. The third kappa shape index (κ3) is 5.90. The maximum absolute atomic E-state index is 13.7. The average Bonchev–Trinajstić information content (AvgIpc) is 2.74. The van der Waals surface area contributed by atoms with Crippen LogP contribution in [-0.4, -0.2) is 19.2 Å². The van der Waals surface area contributed by atoms with Gasteiger partial charge in [-0.2, -0.15) is 5.10 Å². The molecule has 5 nitrogen and oxygen atoms in total. The maximum atomic E-state index is 13.7. The Kier molecular flexibility index (Phi) is 6.95. The minimum absolute atomic E-state index is 0.0893. The topological polar surface area (TPSA) is 59.9 Å². The first-order valence-electron chi connectivity index (χ1n) is 9.06. The molecule has 0 radical (unpaired) electrons. The van der Waals surface area contributed by atoms with E-state index in [2.05, 4.69) is 10.5 Å². The number of methoxy groups -OCH3 is 1. The van der Waals surface area contributed by atoms with Crippen LogP contribution < -0.4 is 14.9 Å². The molecule has 0 aromatic heterocycles. The molecule has 0 saturated heterocycles. The van der Waals surface area contributed by atoms with E-state index in [0.29, 0.717) is 17.1 Å². The second-order valence-electron chi connectivity index (χ2n) is 6.25. The minimum Gasteiger partial charge on any atom is -0.493 e. The fourth-order valence-corrected chi connectivity index (χ4v) is 2.65. The van der Waals surface area contributed by atoms with E-state index < -0.39 is 0 Å². The fourth-order valence-electron chi connectivity index (χ4n) is 2.65. The monoisotopic (exact) mass is 392 g/mol. The van der Waals surface area contributed by atoms with Crippen molar-refractivity contribution in [1.29, 1.82) is 0 Å². The van der Waals surface area contributed by atoms with Gasteiger partial charge in [0, 0.05) is 5.56 Å². The lowest BCUT2D eigenvalue weighted by Crippen LogP contribution is -2.19. The lowest BCUT2D eigenvalue weighted by Gasteiger charge is -2.11. The Morgan fingerprint density at radius 2 is 1.79 bits per heavy atom. The van der Waals surface area contributed by atoms with Gasteiger partial charge in [-0.05, 0) is 35.4 Å². The van der Waals surface area contributed by atoms with Crippen LogP contribution in [0.25, 0.3) is 0 Å². The van der Waals surface area contributed by atoms with Crippen molar-refractivity contribution in [2.45, 2.75) is 13.0 Å². The largest absolute Gasteiger partial charge is 0.493 e. The van der Waals surface area contributed by atoms with E-state index in [9.17, 15) is 9.18 Å². The van der Waals surface area contributed by atoms with E-state index in [-0.39, 0.29) is 24.8 Å². The summed E-state index contributed by atoms with van der Waals surface area (Å²) in [4.78, 5) is 11.9. The van der Waals surface area contributed by atoms with Crippen molar-refractivity contribution >= 4 is 12.1 Å². The number of halogens is 1. The van der Waals surface area contributed by atoms with Gasteiger partial charge in [-0.3, -0.25) is 4.79 Å². The van der Waals surface area contributed by atoms with Crippen molar-refractivity contribution in [3.8, 4) is 11.5 Å². The first-order valence-corrected chi connectivity index (χ1v) is 9.06. The number of rotatable bonds is 8. The van der Waals surface area contributed by atoms with Crippen LogP contribution in [0, 0.1) is 5.82 Å². The van der Waals surface area contributed by atoms with Crippen molar-refractivity contribution in [3.05, 3.63) is 95.3 Å². The summed E-state index contributed by atoms with van der Waals surface area (Å²) in [5, 5.41) is 3.98. The summed E-state index contributed by atoms with van der Waals surface area (Å²) < 4.78 is 24.7. The SMILES string of the molecule is COc1cc(/C=N\NC(=O)Cc2ccccc2)ccc1OCc1ccccc1F. The highest BCUT2D eigenvalue weighted by Gasteiger charge is 2.08. The predicted molar refractivity (Wildman–Crippen MR) is 110 cm³/mol. The molecule has 0 bridgehead atoms. The molecule has 0 atom stereocenters. The molecule has 0 spiro atoms. The molecule has 3 aromatic carbocycles. The van der Waals surface area contributed by atoms with Gasteiger partial charge in [0.2, 0.25) is 5.91 Å². The number of benzene rings is 3. The quantitative estimate of drug-likeness (QED) is 0.464. The highest BCUT2D eigenvalue weighted by atomic mass is 19.1. The molecular weight excluding hydrogens is 371 g/mol. The molecule has 1 N–H and O–H groups in total. The third-order valence-corrected chi connectivity index (χ3v) is 4.14. The van der Waals surface area contributed by atoms with Gasteiger partial charge in [-0.25, -0.2) is 9.82 Å². The first kappa shape index (κ1) is 20.1. The number of carbonyl (C=O) groups excluding carboxylic acids is 1. The van der Waals surface area contributed by atoms with Crippen molar-refractivity contribution in [2.24, 2.45) is 5.10 Å². The molecule has 0 aliphatic carbocycles. The second-order valence-corrected chi connectivity index (χ2v) is 6.25. The molecule has 6 heteroatoms. The van der Waals surface area contributed by atoms with Crippen LogP contribution in [0.15, 0.2) is 77.9 Å². The highest BCUT2D eigenvalue weighted by molar-refractivity contribution is 5.84. The Bertz CT molecular complexity index is 990. The van der Waals surface area contributed by atoms with Gasteiger partial charge < -0.3 is 9.47 Å². The summed E-state index contributed by atoms with van der Waals surface area (Å²) in [6, 6.07) is 21.1. The van der Waals surface area contributed by atoms with Crippen LogP contribution >= 0.6 is 0 Å². The number of carbonyl (C=O) groups is 1. The predicted octanol–water partition coefficient (Wildman–Crippen LogP) is 4.11. The highest BCUT2D eigenvalue weighted by Crippen LogP contribution is 2.28. The van der Waals surface area contributed by atoms with Gasteiger partial charge in [0.05, 0.1) is 19.7 Å². The summed E-state index contributed by atoms with van der Waals surface area (Å²) in [7, 11) is 1.52. The number of nitrogens with zero attached hydrogens (tertiary/aromatic N) is 1. The number of nitrogens with one attached hydrogen (secondary N) is 1. The van der Waals surface area contributed by atoms with Crippen molar-refractivity contribution in [3.63, 3.8) is 0 Å². The molecule has 148 valence electrons. The Morgan fingerprint density at radius 3 is 2.55 bits per heavy atom. The van der Waals surface area contributed by atoms with Crippen LogP contribution in [-0.2, 0) is 17.8 Å². The van der Waals surface area contributed by atoms with Gasteiger partial charge >= 0.3 is 0 Å². The summed E-state index contributed by atoms with van der Waals surface area (Å²) >= 11 is 0. The number of hydrogen-bond donors (Lipinski definition) is 1. The Morgan fingerprint density at radius 1 is 1.03 bits per heavy atom. The normalized spacial score (nSPS) is 10.7. The van der Waals surface area contributed by atoms with E-state index in [0.717, 1.165) is 11.1 Å². The van der Waals surface area contributed by atoms with Gasteiger partial charge in [-0.1, -0.05) is 48.5 Å². The van der Waals surface area contributed by atoms with Crippen LogP contribution in [0.3, 0.4) is 0 Å². The molecule has 0 unspecified atom stereocenters. The zero-order valence-electron chi connectivity index (χ0n) is 16.0. The molecule has 0 fully saturated rings. The molecular formula is C23H21FN2O3. The smallest absolute Gasteiger partial charge is 0.244 e. The molecule has 0 saturated carbocycles. The van der Waals surface area contributed by atoms with Crippen LogP contribution in [0.4, 0.5) is 4.39 Å². The first-order chi connectivity index (χ1) is 14.2. The fraction of sp³-hybridized carbons (Fsp3) is 0.130. The second kappa shape index (κ2) is 10.0. The molecule has 3 aromatic rings. The molecule has 0 aliphatic rings. The molecule has 0 aliphatic heterocycles. The van der Waals surface area contributed by atoms with Gasteiger partial charge in [0.25, 0.3) is 0 Å². The summed E-state index contributed by atoms with van der Waals surface area (Å²) in [6.45, 7) is 0.0893. The third-order valence-electron chi connectivity index (χ3n) is 4.14. The van der Waals surface area contributed by atoms with Crippen LogP contribution in [0.1, 0.15) is 16.7 Å². The standard InChI is InChI=1S/C23H21FN2O3/c1-28-22-13-18(15-25-26-23(27)14-17-7-3-2-4-8-17)11-12-21(22)29-16-19-9-5-6-10-20(19)24/h2-13,15H,14,16H2,1H3,(H,26,27)/b25-15-. The molecule has 0 heterocycles. The maximum Gasteiger partial charge on any atom is 0.244 e. The average molecular weight is 392 g/mol. The van der Waals surface area contributed by atoms with Crippen LogP contribution in [0.2, 0.25) is 0 Å². The number of ether oxygens (including phenoxy) is 2. The molecule has 3 rings (SSSR count). The van der Waals surface area contributed by atoms with Crippen molar-refractivity contribution in [1.82, 2.24) is 5.43 Å². The summed E-state index contributed by atoms with van der Waals surface area (Å²) in [5.41, 5.74) is 4.60. The van der Waals surface area contributed by atoms with E-state index in [1.165, 1.54) is 19.4 Å². The van der Waals surface area contributed by atoms with E-state index in [4.69, 9.17) is 9.47 Å². The van der Waals surface area contributed by atoms with E-state index >= 15 is 0 Å². The number of amides is 1. The Labute approximate surface area is 168 Å². The number of hydrogen-bond acceptors (Lipinski definition) is 4. The van der Waals surface area contributed by atoms with E-state index in [1.807, 2.05) is 30.3 Å². The van der Waals surface area contributed by atoms with Crippen molar-refractivity contribution < 1.29 is 18.7 Å². The zero-order chi connectivity index (χ0) is 20.5. The Balaban J connectivity index is 1.58. The van der Waals surface area contributed by atoms with Gasteiger partial charge in [0.15, 0.2) is 11.5 Å².